The standard InChI is InChI=1S/C15H14O2S/c1-11-6-7-14(18-11)8-9-15(16)12-4-3-5-13(10-12)17-2/h3-10H,1-2H3/b9-8+. The second-order valence-electron chi connectivity index (χ2n) is 3.88. The summed E-state index contributed by atoms with van der Waals surface area (Å²) >= 11 is 1.67. The lowest BCUT2D eigenvalue weighted by Crippen LogP contribution is -1.94. The van der Waals surface area contributed by atoms with Crippen molar-refractivity contribution in [1.29, 1.82) is 0 Å². The molecule has 3 heteroatoms. The van der Waals surface area contributed by atoms with E-state index >= 15 is 0 Å². The first-order valence-corrected chi connectivity index (χ1v) is 6.43. The van der Waals surface area contributed by atoms with Crippen molar-refractivity contribution in [2.24, 2.45) is 0 Å². The van der Waals surface area contributed by atoms with Gasteiger partial charge < -0.3 is 4.74 Å². The Morgan fingerprint density at radius 2 is 2.11 bits per heavy atom. The van der Waals surface area contributed by atoms with Crippen molar-refractivity contribution in [2.45, 2.75) is 6.92 Å². The summed E-state index contributed by atoms with van der Waals surface area (Å²) in [4.78, 5) is 14.3. The van der Waals surface area contributed by atoms with Crippen molar-refractivity contribution in [1.82, 2.24) is 0 Å². The van der Waals surface area contributed by atoms with E-state index in [1.54, 1.807) is 36.7 Å². The third-order valence-corrected chi connectivity index (χ3v) is 3.48. The van der Waals surface area contributed by atoms with Crippen LogP contribution in [0.5, 0.6) is 5.75 Å². The van der Waals surface area contributed by atoms with Gasteiger partial charge in [0.25, 0.3) is 0 Å². The zero-order valence-electron chi connectivity index (χ0n) is 10.3. The largest absolute Gasteiger partial charge is 0.497 e. The maximum Gasteiger partial charge on any atom is 0.186 e. The van der Waals surface area contributed by atoms with Crippen LogP contribution >= 0.6 is 11.3 Å². The summed E-state index contributed by atoms with van der Waals surface area (Å²) in [6.07, 6.45) is 3.44. The minimum Gasteiger partial charge on any atom is -0.497 e. The Labute approximate surface area is 111 Å². The highest BCUT2D eigenvalue weighted by atomic mass is 32.1. The first kappa shape index (κ1) is 12.6. The molecule has 0 atom stereocenters. The highest BCUT2D eigenvalue weighted by Crippen LogP contribution is 2.18. The molecule has 0 aliphatic rings. The van der Waals surface area contributed by atoms with Gasteiger partial charge in [0.1, 0.15) is 5.75 Å². The molecule has 0 saturated heterocycles. The molecular weight excluding hydrogens is 244 g/mol. The minimum absolute atomic E-state index is 0.0139. The monoisotopic (exact) mass is 258 g/mol. The third-order valence-electron chi connectivity index (χ3n) is 2.51. The van der Waals surface area contributed by atoms with Gasteiger partial charge in [-0.15, -0.1) is 11.3 Å². The van der Waals surface area contributed by atoms with E-state index in [-0.39, 0.29) is 5.78 Å². The van der Waals surface area contributed by atoms with Gasteiger partial charge in [-0.3, -0.25) is 4.79 Å². The Balaban J connectivity index is 2.14. The van der Waals surface area contributed by atoms with Crippen LogP contribution in [0.2, 0.25) is 0 Å². The normalized spacial score (nSPS) is 10.8. The lowest BCUT2D eigenvalue weighted by Gasteiger charge is -2.00. The molecule has 0 radical (unpaired) electrons. The number of carbonyl (C=O) groups is 1. The van der Waals surface area contributed by atoms with Crippen molar-refractivity contribution in [2.75, 3.05) is 7.11 Å². The number of ketones is 1. The van der Waals surface area contributed by atoms with Crippen LogP contribution in [0.25, 0.3) is 6.08 Å². The molecule has 0 aliphatic heterocycles. The summed E-state index contributed by atoms with van der Waals surface area (Å²) in [7, 11) is 1.59. The number of hydrogen-bond donors (Lipinski definition) is 0. The lowest BCUT2D eigenvalue weighted by molar-refractivity contribution is 0.104. The maximum atomic E-state index is 12.0. The molecule has 1 heterocycles. The molecule has 0 N–H and O–H groups in total. The molecule has 0 spiro atoms. The van der Waals surface area contributed by atoms with Crippen LogP contribution in [0.4, 0.5) is 0 Å². The molecule has 2 aromatic rings. The van der Waals surface area contributed by atoms with Gasteiger partial charge in [-0.25, -0.2) is 0 Å². The number of aryl methyl sites for hydroxylation is 1. The number of rotatable bonds is 4. The van der Waals surface area contributed by atoms with Crippen LogP contribution in [0, 0.1) is 6.92 Å². The molecule has 18 heavy (non-hydrogen) atoms. The summed E-state index contributed by atoms with van der Waals surface area (Å²) < 4.78 is 5.10. The predicted molar refractivity (Wildman–Crippen MR) is 75.4 cm³/mol. The number of carbonyl (C=O) groups excluding carboxylic acids is 1. The van der Waals surface area contributed by atoms with E-state index < -0.39 is 0 Å². The SMILES string of the molecule is COc1cccc(C(=O)/C=C/c2ccc(C)s2)c1. The van der Waals surface area contributed by atoms with Gasteiger partial charge in [-0.05, 0) is 43.3 Å². The second-order valence-corrected chi connectivity index (χ2v) is 5.20. The quantitative estimate of drug-likeness (QED) is 0.613. The Hall–Kier alpha value is -1.87. The van der Waals surface area contributed by atoms with E-state index in [0.29, 0.717) is 11.3 Å². The minimum atomic E-state index is -0.0139. The molecule has 0 fully saturated rings. The summed E-state index contributed by atoms with van der Waals surface area (Å²) in [6.45, 7) is 2.05. The molecule has 0 amide bonds. The van der Waals surface area contributed by atoms with Crippen molar-refractivity contribution < 1.29 is 9.53 Å². The van der Waals surface area contributed by atoms with Crippen LogP contribution in [0.3, 0.4) is 0 Å². The number of methoxy groups -OCH3 is 1. The number of ether oxygens (including phenoxy) is 1. The second kappa shape index (κ2) is 5.65. The molecular formula is C15H14O2S. The molecule has 2 rings (SSSR count). The number of allylic oxidation sites excluding steroid dienone is 1. The maximum absolute atomic E-state index is 12.0. The molecule has 92 valence electrons. The Bertz CT molecular complexity index is 582. The highest BCUT2D eigenvalue weighted by Gasteiger charge is 2.03. The summed E-state index contributed by atoms with van der Waals surface area (Å²) in [5.41, 5.74) is 0.638. The predicted octanol–water partition coefficient (Wildman–Crippen LogP) is 3.96. The van der Waals surface area contributed by atoms with E-state index in [1.165, 1.54) is 4.88 Å². The van der Waals surface area contributed by atoms with Gasteiger partial charge in [0.05, 0.1) is 7.11 Å². The summed E-state index contributed by atoms with van der Waals surface area (Å²) in [5.74, 6) is 0.682. The number of thiophene rings is 1. The fraction of sp³-hybridized carbons (Fsp3) is 0.133. The average Bonchev–Trinajstić information content (AvgIpc) is 2.82. The van der Waals surface area contributed by atoms with E-state index in [4.69, 9.17) is 4.74 Å². The zero-order valence-corrected chi connectivity index (χ0v) is 11.2. The van der Waals surface area contributed by atoms with Gasteiger partial charge in [-0.2, -0.15) is 0 Å². The lowest BCUT2D eigenvalue weighted by atomic mass is 10.1. The van der Waals surface area contributed by atoms with Crippen molar-refractivity contribution in [3.63, 3.8) is 0 Å². The molecule has 0 saturated carbocycles. The van der Waals surface area contributed by atoms with Gasteiger partial charge in [-0.1, -0.05) is 12.1 Å². The fourth-order valence-electron chi connectivity index (χ4n) is 1.57. The van der Waals surface area contributed by atoms with E-state index in [1.807, 2.05) is 37.3 Å². The number of benzene rings is 1. The van der Waals surface area contributed by atoms with Crippen LogP contribution in [-0.4, -0.2) is 12.9 Å². The van der Waals surface area contributed by atoms with Crippen LogP contribution in [0.15, 0.2) is 42.5 Å². The Morgan fingerprint density at radius 1 is 1.28 bits per heavy atom. The molecule has 2 nitrogen and oxygen atoms in total. The first-order valence-electron chi connectivity index (χ1n) is 5.62. The van der Waals surface area contributed by atoms with E-state index in [0.717, 1.165) is 4.88 Å². The molecule has 1 aromatic carbocycles. The van der Waals surface area contributed by atoms with Crippen molar-refractivity contribution in [3.05, 3.63) is 57.8 Å². The molecule has 0 aliphatic carbocycles. The van der Waals surface area contributed by atoms with Gasteiger partial charge in [0.15, 0.2) is 5.78 Å². The molecule has 0 unspecified atom stereocenters. The Kier molecular flexibility index (Phi) is 3.95. The van der Waals surface area contributed by atoms with Crippen LogP contribution in [-0.2, 0) is 0 Å². The first-order chi connectivity index (χ1) is 8.69. The smallest absolute Gasteiger partial charge is 0.186 e. The van der Waals surface area contributed by atoms with Crippen LogP contribution in [0.1, 0.15) is 20.1 Å². The Morgan fingerprint density at radius 3 is 2.78 bits per heavy atom. The van der Waals surface area contributed by atoms with Gasteiger partial charge in [0.2, 0.25) is 0 Å². The highest BCUT2D eigenvalue weighted by molar-refractivity contribution is 7.12. The molecule has 1 aromatic heterocycles. The summed E-state index contributed by atoms with van der Waals surface area (Å²) in [5, 5.41) is 0. The van der Waals surface area contributed by atoms with Crippen molar-refractivity contribution >= 4 is 23.2 Å². The van der Waals surface area contributed by atoms with E-state index in [9.17, 15) is 4.79 Å². The average molecular weight is 258 g/mol. The zero-order chi connectivity index (χ0) is 13.0. The third kappa shape index (κ3) is 3.08. The number of hydrogen-bond acceptors (Lipinski definition) is 3. The summed E-state index contributed by atoms with van der Waals surface area (Å²) in [6, 6.07) is 11.2. The van der Waals surface area contributed by atoms with Gasteiger partial charge in [0, 0.05) is 15.3 Å². The van der Waals surface area contributed by atoms with E-state index in [2.05, 4.69) is 0 Å². The fourth-order valence-corrected chi connectivity index (χ4v) is 2.35. The topological polar surface area (TPSA) is 26.3 Å². The van der Waals surface area contributed by atoms with Crippen LogP contribution < -0.4 is 4.74 Å². The van der Waals surface area contributed by atoms with Crippen molar-refractivity contribution in [3.8, 4) is 5.75 Å². The molecule has 0 bridgehead atoms. The van der Waals surface area contributed by atoms with Gasteiger partial charge >= 0.3 is 0 Å².